The quantitative estimate of drug-likeness (QED) is 0.581. The van der Waals surface area contributed by atoms with Gasteiger partial charge < -0.3 is 19.7 Å². The predicted molar refractivity (Wildman–Crippen MR) is 110 cm³/mol. The number of carbonyl (C=O) groups is 1. The van der Waals surface area contributed by atoms with Crippen LogP contribution in [0.3, 0.4) is 0 Å². The van der Waals surface area contributed by atoms with Crippen molar-refractivity contribution in [2.45, 2.75) is 59.2 Å². The summed E-state index contributed by atoms with van der Waals surface area (Å²) in [5.74, 6) is -0.410. The number of phenolic OH excluding ortho intramolecular Hbond substituents is 1. The number of esters is 1. The molecule has 5 heteroatoms. The maximum atomic E-state index is 12.8. The van der Waals surface area contributed by atoms with E-state index in [1.165, 1.54) is 25.3 Å². The Morgan fingerprint density at radius 1 is 1.21 bits per heavy atom. The molecule has 0 aliphatic heterocycles. The number of allylic oxidation sites excluding steroid dienone is 2. The summed E-state index contributed by atoms with van der Waals surface area (Å²) in [7, 11) is 1.43. The van der Waals surface area contributed by atoms with Crippen LogP contribution in [-0.2, 0) is 4.74 Å². The fourth-order valence-corrected chi connectivity index (χ4v) is 3.74. The fourth-order valence-electron chi connectivity index (χ4n) is 3.74. The Labute approximate surface area is 167 Å². The molecule has 2 rings (SSSR count). The van der Waals surface area contributed by atoms with Crippen LogP contribution >= 0.6 is 0 Å². The molecule has 5 nitrogen and oxygen atoms in total. The largest absolute Gasteiger partial charge is 0.504 e. The van der Waals surface area contributed by atoms with E-state index in [4.69, 9.17) is 9.47 Å². The molecule has 0 heterocycles. The smallest absolute Gasteiger partial charge is 0.338 e. The number of phenols is 1. The van der Waals surface area contributed by atoms with Gasteiger partial charge in [0.2, 0.25) is 0 Å². The molecule has 1 aromatic rings. The standard InChI is InChI=1S/C23H32O5/c1-14(2)22-19(25)11-15(3)7-6-8-16(4)12-21(22)28-23(26)17-9-10-18(24)20(13-17)27-5/h8-11,13-14,19,21-22,24-25H,6-7,12H2,1-5H3/b15-11-,16-8-/t19-,21-,22-/m0/s1. The minimum atomic E-state index is -0.682. The summed E-state index contributed by atoms with van der Waals surface area (Å²) < 4.78 is 11.0. The highest BCUT2D eigenvalue weighted by molar-refractivity contribution is 5.90. The van der Waals surface area contributed by atoms with E-state index in [0.29, 0.717) is 12.0 Å². The van der Waals surface area contributed by atoms with Gasteiger partial charge in [0.15, 0.2) is 11.5 Å². The molecular formula is C23H32O5. The SMILES string of the molecule is COc1cc(C(=O)O[C@H]2C/C(C)=C\CC/C(C)=C\[C@H](O)[C@@H]2C(C)C)ccc1O. The summed E-state index contributed by atoms with van der Waals surface area (Å²) in [5, 5.41) is 20.6. The number of aromatic hydroxyl groups is 1. The Morgan fingerprint density at radius 3 is 2.57 bits per heavy atom. The molecule has 1 aliphatic carbocycles. The van der Waals surface area contributed by atoms with Gasteiger partial charge in [-0.05, 0) is 50.8 Å². The number of carbonyl (C=O) groups excluding carboxylic acids is 1. The highest BCUT2D eigenvalue weighted by atomic mass is 16.5. The van der Waals surface area contributed by atoms with E-state index >= 15 is 0 Å². The van der Waals surface area contributed by atoms with Crippen molar-refractivity contribution < 1.29 is 24.5 Å². The number of hydrogen-bond donors (Lipinski definition) is 2. The molecule has 0 aromatic heterocycles. The lowest BCUT2D eigenvalue weighted by molar-refractivity contribution is -0.0217. The Kier molecular flexibility index (Phi) is 7.69. The van der Waals surface area contributed by atoms with Gasteiger partial charge in [-0.25, -0.2) is 4.79 Å². The predicted octanol–water partition coefficient (Wildman–Crippen LogP) is 4.64. The number of methoxy groups -OCH3 is 1. The van der Waals surface area contributed by atoms with E-state index in [0.717, 1.165) is 24.0 Å². The van der Waals surface area contributed by atoms with Gasteiger partial charge in [0.25, 0.3) is 0 Å². The second-order valence-electron chi connectivity index (χ2n) is 7.95. The van der Waals surface area contributed by atoms with Crippen LogP contribution in [0.5, 0.6) is 11.5 Å². The van der Waals surface area contributed by atoms with Crippen molar-refractivity contribution in [2.24, 2.45) is 11.8 Å². The van der Waals surface area contributed by atoms with Crippen molar-refractivity contribution in [3.8, 4) is 11.5 Å². The molecule has 0 fully saturated rings. The van der Waals surface area contributed by atoms with Crippen LogP contribution in [0, 0.1) is 11.8 Å². The van der Waals surface area contributed by atoms with Crippen molar-refractivity contribution in [2.75, 3.05) is 7.11 Å². The topological polar surface area (TPSA) is 76.0 Å². The van der Waals surface area contributed by atoms with E-state index in [1.807, 2.05) is 33.8 Å². The minimum absolute atomic E-state index is 0.0346. The van der Waals surface area contributed by atoms with Crippen LogP contribution in [0.1, 0.15) is 57.3 Å². The molecule has 1 aromatic carbocycles. The molecule has 154 valence electrons. The maximum absolute atomic E-state index is 12.8. The third-order valence-electron chi connectivity index (χ3n) is 5.28. The average Bonchev–Trinajstić information content (AvgIpc) is 2.61. The lowest BCUT2D eigenvalue weighted by atomic mass is 9.81. The summed E-state index contributed by atoms with van der Waals surface area (Å²) >= 11 is 0. The maximum Gasteiger partial charge on any atom is 0.338 e. The Balaban J connectivity index is 2.33. The van der Waals surface area contributed by atoms with Crippen LogP contribution in [0.2, 0.25) is 0 Å². The van der Waals surface area contributed by atoms with Gasteiger partial charge in [0.05, 0.1) is 18.8 Å². The van der Waals surface area contributed by atoms with Crippen molar-refractivity contribution in [1.82, 2.24) is 0 Å². The highest BCUT2D eigenvalue weighted by Crippen LogP contribution is 2.31. The molecule has 0 radical (unpaired) electrons. The van der Waals surface area contributed by atoms with Crippen LogP contribution < -0.4 is 4.74 Å². The number of rotatable bonds is 4. The van der Waals surface area contributed by atoms with Gasteiger partial charge in [0, 0.05) is 12.3 Å². The van der Waals surface area contributed by atoms with Crippen LogP contribution in [-0.4, -0.2) is 35.5 Å². The van der Waals surface area contributed by atoms with E-state index in [2.05, 4.69) is 6.08 Å². The molecule has 0 spiro atoms. The normalized spacial score (nSPS) is 27.3. The zero-order valence-corrected chi connectivity index (χ0v) is 17.4. The number of ether oxygens (including phenoxy) is 2. The summed E-state index contributed by atoms with van der Waals surface area (Å²) in [6.45, 7) is 8.13. The number of aliphatic hydroxyl groups excluding tert-OH is 1. The fraction of sp³-hybridized carbons (Fsp3) is 0.522. The van der Waals surface area contributed by atoms with Gasteiger partial charge in [-0.15, -0.1) is 0 Å². The Bertz CT molecular complexity index is 747. The van der Waals surface area contributed by atoms with Gasteiger partial charge in [0.1, 0.15) is 6.10 Å². The summed E-state index contributed by atoms with van der Waals surface area (Å²) in [6.07, 6.45) is 5.33. The first-order chi connectivity index (χ1) is 13.2. The summed E-state index contributed by atoms with van der Waals surface area (Å²) in [4.78, 5) is 12.8. The first-order valence-corrected chi connectivity index (χ1v) is 9.82. The molecular weight excluding hydrogens is 356 g/mol. The molecule has 28 heavy (non-hydrogen) atoms. The van der Waals surface area contributed by atoms with Crippen LogP contribution in [0.4, 0.5) is 0 Å². The van der Waals surface area contributed by atoms with Gasteiger partial charge >= 0.3 is 5.97 Å². The van der Waals surface area contributed by atoms with Crippen LogP contribution in [0.25, 0.3) is 0 Å². The lowest BCUT2D eigenvalue weighted by Crippen LogP contribution is -2.38. The second kappa shape index (κ2) is 9.78. The molecule has 2 N–H and O–H groups in total. The number of hydrogen-bond acceptors (Lipinski definition) is 5. The molecule has 3 atom stereocenters. The first kappa shape index (κ1) is 22.0. The number of benzene rings is 1. The lowest BCUT2D eigenvalue weighted by Gasteiger charge is -2.33. The molecule has 1 aliphatic rings. The van der Waals surface area contributed by atoms with Crippen LogP contribution in [0.15, 0.2) is 41.5 Å². The highest BCUT2D eigenvalue weighted by Gasteiger charge is 2.33. The second-order valence-corrected chi connectivity index (χ2v) is 7.95. The molecule has 0 saturated carbocycles. The van der Waals surface area contributed by atoms with Crippen molar-refractivity contribution in [1.29, 1.82) is 0 Å². The van der Waals surface area contributed by atoms with Crippen molar-refractivity contribution in [3.05, 3.63) is 47.1 Å². The zero-order valence-electron chi connectivity index (χ0n) is 17.4. The summed E-state index contributed by atoms with van der Waals surface area (Å²) in [5.41, 5.74) is 2.59. The Hall–Kier alpha value is -2.27. The van der Waals surface area contributed by atoms with Crippen molar-refractivity contribution >= 4 is 5.97 Å². The molecule has 0 unspecified atom stereocenters. The van der Waals surface area contributed by atoms with E-state index in [-0.39, 0.29) is 23.3 Å². The monoisotopic (exact) mass is 388 g/mol. The third-order valence-corrected chi connectivity index (χ3v) is 5.28. The first-order valence-electron chi connectivity index (χ1n) is 9.82. The van der Waals surface area contributed by atoms with Gasteiger partial charge in [-0.2, -0.15) is 0 Å². The van der Waals surface area contributed by atoms with E-state index in [9.17, 15) is 15.0 Å². The summed E-state index contributed by atoms with van der Waals surface area (Å²) in [6, 6.07) is 4.38. The van der Waals surface area contributed by atoms with Crippen molar-refractivity contribution in [3.63, 3.8) is 0 Å². The molecule has 0 bridgehead atoms. The molecule has 0 saturated heterocycles. The molecule has 0 amide bonds. The van der Waals surface area contributed by atoms with Gasteiger partial charge in [-0.1, -0.05) is 37.1 Å². The number of aliphatic hydroxyl groups is 1. The van der Waals surface area contributed by atoms with Gasteiger partial charge in [-0.3, -0.25) is 0 Å². The average molecular weight is 389 g/mol. The Morgan fingerprint density at radius 2 is 1.93 bits per heavy atom. The van der Waals surface area contributed by atoms with E-state index in [1.54, 1.807) is 0 Å². The van der Waals surface area contributed by atoms with E-state index < -0.39 is 18.2 Å². The minimum Gasteiger partial charge on any atom is -0.504 e. The zero-order chi connectivity index (χ0) is 20.8. The third kappa shape index (κ3) is 5.61.